The van der Waals surface area contributed by atoms with Crippen molar-refractivity contribution in [1.29, 1.82) is 0 Å². The van der Waals surface area contributed by atoms with Crippen LogP contribution in [0.1, 0.15) is 26.3 Å². The molecule has 1 N–H and O–H groups in total. The van der Waals surface area contributed by atoms with E-state index in [9.17, 15) is 14.7 Å². The van der Waals surface area contributed by atoms with Gasteiger partial charge in [0.25, 0.3) is 0 Å². The van der Waals surface area contributed by atoms with Crippen molar-refractivity contribution < 1.29 is 19.4 Å². The van der Waals surface area contributed by atoms with Crippen LogP contribution in [0.5, 0.6) is 0 Å². The van der Waals surface area contributed by atoms with Gasteiger partial charge in [0.05, 0.1) is 6.54 Å². The summed E-state index contributed by atoms with van der Waals surface area (Å²) in [5.41, 5.74) is 0.402. The molecule has 0 radical (unpaired) electrons. The number of aryl methyl sites for hydroxylation is 1. The first-order chi connectivity index (χ1) is 10.7. The number of nitrogens with zero attached hydrogens (tertiary/aromatic N) is 3. The number of carboxylic acid groups (broad SMARTS) is 1. The lowest BCUT2D eigenvalue weighted by molar-refractivity contribution is -0.139. The molecule has 0 bridgehead atoms. The van der Waals surface area contributed by atoms with Crippen molar-refractivity contribution in [3.05, 3.63) is 23.9 Å². The highest BCUT2D eigenvalue weighted by Gasteiger charge is 2.36. The van der Waals surface area contributed by atoms with Crippen molar-refractivity contribution in [2.24, 2.45) is 0 Å². The molecule has 1 saturated heterocycles. The monoisotopic (exact) mass is 321 g/mol. The lowest BCUT2D eigenvalue weighted by Gasteiger charge is -2.40. The number of rotatable bonds is 2. The minimum absolute atomic E-state index is 0.0693. The fourth-order valence-corrected chi connectivity index (χ4v) is 2.44. The van der Waals surface area contributed by atoms with E-state index in [0.717, 1.165) is 5.56 Å². The number of aliphatic carboxylic acids is 1. The van der Waals surface area contributed by atoms with Gasteiger partial charge in [-0.05, 0) is 45.4 Å². The molecule has 0 saturated carbocycles. The molecule has 7 heteroatoms. The number of carbonyl (C=O) groups excluding carboxylic acids is 1. The number of amides is 1. The Bertz CT molecular complexity index is 597. The molecule has 0 spiro atoms. The van der Waals surface area contributed by atoms with Gasteiger partial charge in [-0.2, -0.15) is 0 Å². The van der Waals surface area contributed by atoms with E-state index in [1.165, 1.54) is 4.90 Å². The smallest absolute Gasteiger partial charge is 0.410 e. The van der Waals surface area contributed by atoms with Crippen LogP contribution in [0.4, 0.5) is 10.6 Å². The van der Waals surface area contributed by atoms with Crippen molar-refractivity contribution in [2.75, 3.05) is 24.5 Å². The van der Waals surface area contributed by atoms with Crippen LogP contribution in [0.25, 0.3) is 0 Å². The highest BCUT2D eigenvalue weighted by atomic mass is 16.6. The summed E-state index contributed by atoms with van der Waals surface area (Å²) in [6.07, 6.45) is 1.17. The van der Waals surface area contributed by atoms with E-state index in [0.29, 0.717) is 18.9 Å². The average molecular weight is 321 g/mol. The Hall–Kier alpha value is -2.31. The first kappa shape index (κ1) is 17.1. The Morgan fingerprint density at radius 1 is 1.35 bits per heavy atom. The van der Waals surface area contributed by atoms with Gasteiger partial charge < -0.3 is 19.6 Å². The van der Waals surface area contributed by atoms with Crippen molar-refractivity contribution in [1.82, 2.24) is 9.88 Å². The molecular weight excluding hydrogens is 298 g/mol. The lowest BCUT2D eigenvalue weighted by Crippen LogP contribution is -2.58. The first-order valence-electron chi connectivity index (χ1n) is 7.57. The largest absolute Gasteiger partial charge is 0.480 e. The molecule has 1 aliphatic heterocycles. The number of anilines is 1. The Labute approximate surface area is 135 Å². The zero-order chi connectivity index (χ0) is 17.2. The van der Waals surface area contributed by atoms with Gasteiger partial charge >= 0.3 is 12.1 Å². The number of hydrogen-bond acceptors (Lipinski definition) is 5. The fraction of sp³-hybridized carbons (Fsp3) is 0.562. The normalized spacial score (nSPS) is 18.7. The molecule has 1 atom stereocenters. The summed E-state index contributed by atoms with van der Waals surface area (Å²) in [6.45, 7) is 8.14. The number of pyridine rings is 1. The molecule has 1 amide bonds. The number of piperazine rings is 1. The first-order valence-corrected chi connectivity index (χ1v) is 7.57. The number of ether oxygens (including phenoxy) is 1. The van der Waals surface area contributed by atoms with Gasteiger partial charge in [0.1, 0.15) is 17.5 Å². The quantitative estimate of drug-likeness (QED) is 0.896. The Morgan fingerprint density at radius 2 is 2.04 bits per heavy atom. The van der Waals surface area contributed by atoms with Crippen molar-refractivity contribution in [3.8, 4) is 0 Å². The molecule has 0 unspecified atom stereocenters. The van der Waals surface area contributed by atoms with Gasteiger partial charge in [-0.25, -0.2) is 14.6 Å². The Balaban J connectivity index is 2.15. The molecule has 2 rings (SSSR count). The van der Waals surface area contributed by atoms with Crippen LogP contribution in [-0.4, -0.2) is 58.3 Å². The predicted molar refractivity (Wildman–Crippen MR) is 85.6 cm³/mol. The van der Waals surface area contributed by atoms with E-state index < -0.39 is 23.7 Å². The van der Waals surface area contributed by atoms with E-state index in [1.807, 2.05) is 19.1 Å². The molecular formula is C16H23N3O4. The molecule has 0 aromatic carbocycles. The van der Waals surface area contributed by atoms with Crippen LogP contribution in [-0.2, 0) is 9.53 Å². The number of aromatic nitrogens is 1. The van der Waals surface area contributed by atoms with E-state index in [2.05, 4.69) is 4.98 Å². The molecule has 1 fully saturated rings. The van der Waals surface area contributed by atoms with E-state index in [1.54, 1.807) is 31.9 Å². The summed E-state index contributed by atoms with van der Waals surface area (Å²) in [5, 5.41) is 9.52. The highest BCUT2D eigenvalue weighted by molar-refractivity contribution is 5.80. The van der Waals surface area contributed by atoms with Crippen LogP contribution >= 0.6 is 0 Å². The van der Waals surface area contributed by atoms with E-state index in [-0.39, 0.29) is 6.54 Å². The van der Waals surface area contributed by atoms with Crippen LogP contribution in [0, 0.1) is 6.92 Å². The van der Waals surface area contributed by atoms with E-state index in [4.69, 9.17) is 4.74 Å². The van der Waals surface area contributed by atoms with E-state index >= 15 is 0 Å². The standard InChI is InChI=1S/C16H23N3O4/c1-11-5-6-17-13(9-11)19-8-7-18(10-12(19)14(20)21)15(22)23-16(2,3)4/h5-6,9,12H,7-8,10H2,1-4H3,(H,20,21)/t12-/m1/s1. The summed E-state index contributed by atoms with van der Waals surface area (Å²) in [4.78, 5) is 31.2. The van der Waals surface area contributed by atoms with Crippen LogP contribution < -0.4 is 4.90 Å². The third-order valence-corrected chi connectivity index (χ3v) is 3.51. The van der Waals surface area contributed by atoms with Crippen LogP contribution in [0.2, 0.25) is 0 Å². The molecule has 7 nitrogen and oxygen atoms in total. The maximum atomic E-state index is 12.2. The van der Waals surface area contributed by atoms with Crippen molar-refractivity contribution in [2.45, 2.75) is 39.3 Å². The molecule has 2 heterocycles. The molecule has 23 heavy (non-hydrogen) atoms. The third-order valence-electron chi connectivity index (χ3n) is 3.51. The zero-order valence-electron chi connectivity index (χ0n) is 13.9. The highest BCUT2D eigenvalue weighted by Crippen LogP contribution is 2.21. The van der Waals surface area contributed by atoms with Gasteiger partial charge in [-0.1, -0.05) is 0 Å². The van der Waals surface area contributed by atoms with Crippen LogP contribution in [0.3, 0.4) is 0 Å². The van der Waals surface area contributed by atoms with Crippen molar-refractivity contribution >= 4 is 17.9 Å². The van der Waals surface area contributed by atoms with Gasteiger partial charge in [-0.3, -0.25) is 0 Å². The molecule has 1 aromatic rings. The molecule has 126 valence electrons. The summed E-state index contributed by atoms with van der Waals surface area (Å²) >= 11 is 0. The molecule has 0 aliphatic carbocycles. The maximum Gasteiger partial charge on any atom is 0.410 e. The minimum Gasteiger partial charge on any atom is -0.480 e. The summed E-state index contributed by atoms with van der Waals surface area (Å²) in [5.74, 6) is -0.372. The van der Waals surface area contributed by atoms with Gasteiger partial charge in [0, 0.05) is 19.3 Å². The van der Waals surface area contributed by atoms with Gasteiger partial charge in [-0.15, -0.1) is 0 Å². The fourth-order valence-electron chi connectivity index (χ4n) is 2.44. The summed E-state index contributed by atoms with van der Waals surface area (Å²) in [6, 6.07) is 2.86. The minimum atomic E-state index is -0.985. The lowest BCUT2D eigenvalue weighted by atomic mass is 10.1. The van der Waals surface area contributed by atoms with Crippen molar-refractivity contribution in [3.63, 3.8) is 0 Å². The summed E-state index contributed by atoms with van der Waals surface area (Å²) < 4.78 is 5.33. The Morgan fingerprint density at radius 3 is 2.61 bits per heavy atom. The topological polar surface area (TPSA) is 83.0 Å². The number of carbonyl (C=O) groups is 2. The zero-order valence-corrected chi connectivity index (χ0v) is 13.9. The van der Waals surface area contributed by atoms with Gasteiger partial charge in [0.15, 0.2) is 0 Å². The van der Waals surface area contributed by atoms with Gasteiger partial charge in [0.2, 0.25) is 0 Å². The SMILES string of the molecule is Cc1ccnc(N2CCN(C(=O)OC(C)(C)C)C[C@@H]2C(=O)O)c1. The third kappa shape index (κ3) is 4.34. The second-order valence-corrected chi connectivity index (χ2v) is 6.67. The molecule has 1 aliphatic rings. The average Bonchev–Trinajstić information content (AvgIpc) is 2.44. The number of hydrogen-bond donors (Lipinski definition) is 1. The molecule has 1 aromatic heterocycles. The Kier molecular flexibility index (Phi) is 4.77. The number of carboxylic acids is 1. The second-order valence-electron chi connectivity index (χ2n) is 6.67. The van der Waals surface area contributed by atoms with Crippen LogP contribution in [0.15, 0.2) is 18.3 Å². The predicted octanol–water partition coefficient (Wildman–Crippen LogP) is 1.90. The summed E-state index contributed by atoms with van der Waals surface area (Å²) in [7, 11) is 0. The maximum absolute atomic E-state index is 12.2. The second kappa shape index (κ2) is 6.44.